The van der Waals surface area contributed by atoms with E-state index in [-0.39, 0.29) is 23.9 Å². The molecule has 2 heterocycles. The van der Waals surface area contributed by atoms with Crippen molar-refractivity contribution in [3.8, 4) is 11.5 Å². The summed E-state index contributed by atoms with van der Waals surface area (Å²) in [6, 6.07) is 13.6. The molecule has 1 fully saturated rings. The highest BCUT2D eigenvalue weighted by molar-refractivity contribution is 7.12. The molecule has 2 atom stereocenters. The summed E-state index contributed by atoms with van der Waals surface area (Å²) in [6.45, 7) is 4.09. The van der Waals surface area contributed by atoms with Crippen LogP contribution < -0.4 is 20.1 Å². The van der Waals surface area contributed by atoms with Gasteiger partial charge in [-0.3, -0.25) is 14.4 Å². The van der Waals surface area contributed by atoms with Crippen molar-refractivity contribution in [1.29, 1.82) is 0 Å². The molecule has 4 rings (SSSR count). The van der Waals surface area contributed by atoms with Crippen molar-refractivity contribution < 1.29 is 23.9 Å². The van der Waals surface area contributed by atoms with E-state index in [0.717, 1.165) is 19.3 Å². The fourth-order valence-corrected chi connectivity index (χ4v) is 5.27. The van der Waals surface area contributed by atoms with Crippen LogP contribution in [0.5, 0.6) is 11.5 Å². The predicted octanol–water partition coefficient (Wildman–Crippen LogP) is 5.67. The number of amides is 3. The average Bonchev–Trinajstić information content (AvgIpc) is 3.44. The standard InChI is InChI=1S/C28H31N3O5S/c1-17-8-5-9-18(2)31(17)28(34)21-15-23(35-3)24(36-4)16-22(21)30-26(32)19-10-6-11-20(14-19)29-27(33)25-12-7-13-37-25/h6-7,10-18H,5,8-9H2,1-4H3,(H,29,33)(H,30,32). The molecule has 1 aliphatic heterocycles. The number of piperidine rings is 1. The maximum atomic E-state index is 13.7. The van der Waals surface area contributed by atoms with Gasteiger partial charge < -0.3 is 25.0 Å². The largest absolute Gasteiger partial charge is 0.493 e. The zero-order valence-corrected chi connectivity index (χ0v) is 22.2. The summed E-state index contributed by atoms with van der Waals surface area (Å²) in [5, 5.41) is 7.52. The SMILES string of the molecule is COc1cc(NC(=O)c2cccc(NC(=O)c3cccs3)c2)c(C(=O)N2C(C)CCCC2C)cc1OC. The van der Waals surface area contributed by atoms with Gasteiger partial charge in [-0.15, -0.1) is 11.3 Å². The first kappa shape index (κ1) is 26.2. The molecule has 0 saturated carbocycles. The van der Waals surface area contributed by atoms with Gasteiger partial charge in [0.2, 0.25) is 0 Å². The summed E-state index contributed by atoms with van der Waals surface area (Å²) in [5.41, 5.74) is 1.47. The zero-order chi connectivity index (χ0) is 26.5. The van der Waals surface area contributed by atoms with Crippen molar-refractivity contribution in [3.63, 3.8) is 0 Å². The number of anilines is 2. The minimum atomic E-state index is -0.423. The summed E-state index contributed by atoms with van der Waals surface area (Å²) < 4.78 is 10.9. The normalized spacial score (nSPS) is 17.1. The quantitative estimate of drug-likeness (QED) is 0.417. The van der Waals surface area contributed by atoms with Gasteiger partial charge in [0, 0.05) is 29.4 Å². The number of methoxy groups -OCH3 is 2. The Balaban J connectivity index is 1.63. The number of nitrogens with one attached hydrogen (secondary N) is 2. The van der Waals surface area contributed by atoms with Crippen LogP contribution in [0, 0.1) is 0 Å². The maximum Gasteiger partial charge on any atom is 0.265 e. The molecule has 8 nitrogen and oxygen atoms in total. The molecule has 1 aromatic heterocycles. The number of nitrogens with zero attached hydrogens (tertiary/aromatic N) is 1. The van der Waals surface area contributed by atoms with E-state index in [1.807, 2.05) is 24.1 Å². The molecule has 194 valence electrons. The van der Waals surface area contributed by atoms with E-state index in [4.69, 9.17) is 9.47 Å². The number of likely N-dealkylation sites (tertiary alicyclic amines) is 1. The van der Waals surface area contributed by atoms with Crippen LogP contribution in [0.3, 0.4) is 0 Å². The summed E-state index contributed by atoms with van der Waals surface area (Å²) in [7, 11) is 3.01. The Labute approximate surface area is 220 Å². The van der Waals surface area contributed by atoms with Crippen molar-refractivity contribution in [1.82, 2.24) is 4.90 Å². The van der Waals surface area contributed by atoms with E-state index >= 15 is 0 Å². The van der Waals surface area contributed by atoms with Crippen molar-refractivity contribution in [2.75, 3.05) is 24.9 Å². The van der Waals surface area contributed by atoms with Crippen molar-refractivity contribution >= 4 is 40.4 Å². The van der Waals surface area contributed by atoms with Crippen molar-refractivity contribution in [2.24, 2.45) is 0 Å². The first-order chi connectivity index (χ1) is 17.8. The van der Waals surface area contributed by atoms with Crippen LogP contribution >= 0.6 is 11.3 Å². The maximum absolute atomic E-state index is 13.7. The Morgan fingerprint density at radius 1 is 0.892 bits per heavy atom. The molecule has 1 aliphatic rings. The third-order valence-electron chi connectivity index (χ3n) is 6.56. The number of carbonyl (C=O) groups excluding carboxylic acids is 3. The highest BCUT2D eigenvalue weighted by atomic mass is 32.1. The number of thiophene rings is 1. The molecule has 2 aromatic carbocycles. The van der Waals surface area contributed by atoms with E-state index in [9.17, 15) is 14.4 Å². The fraction of sp³-hybridized carbons (Fsp3) is 0.321. The molecular weight excluding hydrogens is 490 g/mol. The number of benzene rings is 2. The molecule has 0 bridgehead atoms. The topological polar surface area (TPSA) is 97.0 Å². The lowest BCUT2D eigenvalue weighted by molar-refractivity contribution is 0.0511. The average molecular weight is 522 g/mol. The molecule has 37 heavy (non-hydrogen) atoms. The number of ether oxygens (including phenoxy) is 2. The number of hydrogen-bond acceptors (Lipinski definition) is 6. The highest BCUT2D eigenvalue weighted by Gasteiger charge is 2.32. The third-order valence-corrected chi connectivity index (χ3v) is 7.43. The van der Waals surface area contributed by atoms with Gasteiger partial charge in [-0.1, -0.05) is 12.1 Å². The highest BCUT2D eigenvalue weighted by Crippen LogP contribution is 2.36. The number of carbonyl (C=O) groups is 3. The second-order valence-electron chi connectivity index (χ2n) is 9.06. The van der Waals surface area contributed by atoms with Gasteiger partial charge in [-0.2, -0.15) is 0 Å². The van der Waals surface area contributed by atoms with Crippen LogP contribution in [0.4, 0.5) is 11.4 Å². The minimum absolute atomic E-state index is 0.0801. The number of hydrogen-bond donors (Lipinski definition) is 2. The van der Waals surface area contributed by atoms with Gasteiger partial charge in [0.25, 0.3) is 17.7 Å². The Morgan fingerprint density at radius 3 is 2.24 bits per heavy atom. The molecule has 0 radical (unpaired) electrons. The molecule has 2 unspecified atom stereocenters. The Hall–Kier alpha value is -3.85. The van der Waals surface area contributed by atoms with Crippen LogP contribution in [-0.2, 0) is 0 Å². The first-order valence-corrected chi connectivity index (χ1v) is 13.0. The summed E-state index contributed by atoms with van der Waals surface area (Å²) >= 11 is 1.34. The predicted molar refractivity (Wildman–Crippen MR) is 145 cm³/mol. The molecule has 2 N–H and O–H groups in total. The van der Waals surface area contributed by atoms with Crippen LogP contribution in [0.15, 0.2) is 53.9 Å². The van der Waals surface area contributed by atoms with Crippen LogP contribution in [0.25, 0.3) is 0 Å². The van der Waals surface area contributed by atoms with E-state index in [2.05, 4.69) is 10.6 Å². The number of rotatable bonds is 7. The van der Waals surface area contributed by atoms with Crippen LogP contribution in [0.1, 0.15) is 63.5 Å². The van der Waals surface area contributed by atoms with Gasteiger partial charge in [0.1, 0.15) is 0 Å². The van der Waals surface area contributed by atoms with E-state index < -0.39 is 5.91 Å². The molecule has 0 aliphatic carbocycles. The Morgan fingerprint density at radius 2 is 1.59 bits per heavy atom. The third kappa shape index (κ3) is 5.77. The monoisotopic (exact) mass is 521 g/mol. The Kier molecular flexibility index (Phi) is 8.13. The Bertz CT molecular complexity index is 1280. The van der Waals surface area contributed by atoms with Gasteiger partial charge in [0.05, 0.1) is 30.3 Å². The second-order valence-corrected chi connectivity index (χ2v) is 10.0. The van der Waals surface area contributed by atoms with Gasteiger partial charge in [-0.05, 0) is 68.8 Å². The second kappa shape index (κ2) is 11.5. The van der Waals surface area contributed by atoms with Gasteiger partial charge in [-0.25, -0.2) is 0 Å². The van der Waals surface area contributed by atoms with E-state index in [1.165, 1.54) is 25.6 Å². The lowest BCUT2D eigenvalue weighted by Crippen LogP contribution is -2.47. The van der Waals surface area contributed by atoms with Crippen molar-refractivity contribution in [3.05, 3.63) is 69.9 Å². The smallest absolute Gasteiger partial charge is 0.265 e. The zero-order valence-electron chi connectivity index (χ0n) is 21.4. The molecule has 3 amide bonds. The lowest BCUT2D eigenvalue weighted by Gasteiger charge is -2.39. The first-order valence-electron chi connectivity index (χ1n) is 12.2. The summed E-state index contributed by atoms with van der Waals surface area (Å²) in [6.07, 6.45) is 2.92. The van der Waals surface area contributed by atoms with Gasteiger partial charge in [0.15, 0.2) is 11.5 Å². The minimum Gasteiger partial charge on any atom is -0.493 e. The molecule has 3 aromatic rings. The van der Waals surface area contributed by atoms with E-state index in [0.29, 0.717) is 38.9 Å². The van der Waals surface area contributed by atoms with Crippen molar-refractivity contribution in [2.45, 2.75) is 45.2 Å². The fourth-order valence-electron chi connectivity index (χ4n) is 4.65. The van der Waals surface area contributed by atoms with Crippen LogP contribution in [-0.4, -0.2) is 48.9 Å². The molecule has 1 saturated heterocycles. The van der Waals surface area contributed by atoms with Crippen LogP contribution in [0.2, 0.25) is 0 Å². The summed E-state index contributed by atoms with van der Waals surface area (Å²) in [4.78, 5) is 41.9. The summed E-state index contributed by atoms with van der Waals surface area (Å²) in [5.74, 6) is -0.0447. The molecule has 9 heteroatoms. The van der Waals surface area contributed by atoms with E-state index in [1.54, 1.807) is 48.5 Å². The lowest BCUT2D eigenvalue weighted by atomic mass is 9.96. The van der Waals surface area contributed by atoms with Gasteiger partial charge >= 0.3 is 0 Å². The molecule has 0 spiro atoms. The molecular formula is C28H31N3O5S.